The molecule has 1 heterocycles. The Bertz CT molecular complexity index is 469. The number of nitrogens with two attached hydrogens (primary N) is 1. The van der Waals surface area contributed by atoms with E-state index in [2.05, 4.69) is 4.99 Å². The Morgan fingerprint density at radius 3 is 2.87 bits per heavy atom. The van der Waals surface area contributed by atoms with E-state index in [0.717, 1.165) is 6.21 Å². The molecule has 2 rings (SSSR count). The molecule has 1 aliphatic heterocycles. The molecule has 0 fully saturated rings. The van der Waals surface area contributed by atoms with E-state index in [1.165, 1.54) is 6.08 Å². The maximum absolute atomic E-state index is 11.4. The fourth-order valence-corrected chi connectivity index (χ4v) is 1.55. The third-order valence-corrected chi connectivity index (χ3v) is 2.28. The van der Waals surface area contributed by atoms with E-state index in [0.29, 0.717) is 11.3 Å². The van der Waals surface area contributed by atoms with Gasteiger partial charge < -0.3 is 10.8 Å². The van der Waals surface area contributed by atoms with Crippen molar-refractivity contribution in [1.29, 1.82) is 0 Å². The number of hydrogen-bond acceptors (Lipinski definition) is 3. The molecule has 0 saturated heterocycles. The number of aliphatic carboxylic acids is 1. The van der Waals surface area contributed by atoms with Crippen molar-refractivity contribution in [2.75, 3.05) is 0 Å². The number of aliphatic imine (C=N–C) groups is 1. The number of carbonyl (C=O) groups excluding carboxylic acids is 1. The predicted molar refractivity (Wildman–Crippen MR) is 53.1 cm³/mol. The van der Waals surface area contributed by atoms with Crippen LogP contribution in [0.5, 0.6) is 0 Å². The van der Waals surface area contributed by atoms with Crippen LogP contribution in [-0.2, 0) is 9.59 Å². The molecule has 1 atom stereocenters. The molecular formula is C10H8N2O3. The van der Waals surface area contributed by atoms with Crippen molar-refractivity contribution in [2.24, 2.45) is 16.6 Å². The summed E-state index contributed by atoms with van der Waals surface area (Å²) in [5.74, 6) is -2.13. The van der Waals surface area contributed by atoms with E-state index in [9.17, 15) is 9.59 Å². The molecule has 5 nitrogen and oxygen atoms in total. The summed E-state index contributed by atoms with van der Waals surface area (Å²) in [6, 6.07) is 0. The zero-order valence-electron chi connectivity index (χ0n) is 7.68. The molecule has 5 heteroatoms. The van der Waals surface area contributed by atoms with Crippen LogP contribution < -0.4 is 5.73 Å². The summed E-state index contributed by atoms with van der Waals surface area (Å²) in [6.07, 6.45) is 5.71. The summed E-state index contributed by atoms with van der Waals surface area (Å²) in [5, 5.41) is 8.88. The first kappa shape index (κ1) is 9.39. The molecule has 3 N–H and O–H groups in total. The van der Waals surface area contributed by atoms with Crippen LogP contribution in [0.2, 0.25) is 0 Å². The van der Waals surface area contributed by atoms with E-state index >= 15 is 0 Å². The van der Waals surface area contributed by atoms with Crippen molar-refractivity contribution in [3.63, 3.8) is 0 Å². The molecule has 0 radical (unpaired) electrons. The highest BCUT2D eigenvalue weighted by molar-refractivity contribution is 6.15. The van der Waals surface area contributed by atoms with E-state index in [4.69, 9.17) is 10.8 Å². The Labute approximate surface area is 85.3 Å². The van der Waals surface area contributed by atoms with Gasteiger partial charge in [0.15, 0.2) is 0 Å². The van der Waals surface area contributed by atoms with Crippen LogP contribution in [0.1, 0.15) is 0 Å². The highest BCUT2D eigenvalue weighted by Gasteiger charge is 2.29. The summed E-state index contributed by atoms with van der Waals surface area (Å²) < 4.78 is 0. The summed E-state index contributed by atoms with van der Waals surface area (Å²) in [7, 11) is 0. The van der Waals surface area contributed by atoms with Crippen molar-refractivity contribution < 1.29 is 14.7 Å². The number of amides is 1. The van der Waals surface area contributed by atoms with Crippen molar-refractivity contribution in [3.05, 3.63) is 35.1 Å². The summed E-state index contributed by atoms with van der Waals surface area (Å²) in [5.41, 5.74) is 6.45. The Morgan fingerprint density at radius 1 is 1.47 bits per heavy atom. The van der Waals surface area contributed by atoms with Crippen LogP contribution >= 0.6 is 0 Å². The number of carboxylic acids is 1. The van der Waals surface area contributed by atoms with Gasteiger partial charge in [-0.2, -0.15) is 0 Å². The fraction of sp³-hybridized carbons (Fsp3) is 0.100. The Kier molecular flexibility index (Phi) is 2.00. The van der Waals surface area contributed by atoms with Crippen molar-refractivity contribution in [2.45, 2.75) is 0 Å². The Balaban J connectivity index is 2.55. The maximum atomic E-state index is 11.4. The van der Waals surface area contributed by atoms with Gasteiger partial charge in [0.1, 0.15) is 0 Å². The summed E-state index contributed by atoms with van der Waals surface area (Å²) in [4.78, 5) is 25.7. The van der Waals surface area contributed by atoms with Gasteiger partial charge in [-0.3, -0.25) is 4.79 Å². The molecule has 0 spiro atoms. The molecule has 1 aliphatic carbocycles. The zero-order chi connectivity index (χ0) is 11.0. The standard InChI is InChI=1S/C10H8N2O3/c11-5-1-2-6-7(3-5)9(13)12-4-8(6)10(14)15/h1-4,7H,11H2,(H,14,15). The van der Waals surface area contributed by atoms with Gasteiger partial charge in [0.05, 0.1) is 11.5 Å². The number of hydrogen-bond donors (Lipinski definition) is 2. The minimum Gasteiger partial charge on any atom is -0.478 e. The smallest absolute Gasteiger partial charge is 0.337 e. The quantitative estimate of drug-likeness (QED) is 0.629. The SMILES string of the molecule is NC1=CC2C(=O)N=CC(C(=O)O)=C2C=C1. The van der Waals surface area contributed by atoms with Crippen LogP contribution in [0, 0.1) is 5.92 Å². The van der Waals surface area contributed by atoms with Gasteiger partial charge in [0, 0.05) is 11.9 Å². The van der Waals surface area contributed by atoms with Gasteiger partial charge in [0.25, 0.3) is 5.91 Å². The van der Waals surface area contributed by atoms with E-state index in [-0.39, 0.29) is 11.5 Å². The van der Waals surface area contributed by atoms with Crippen LogP contribution in [0.4, 0.5) is 0 Å². The molecule has 0 aromatic heterocycles. The molecular weight excluding hydrogens is 196 g/mol. The van der Waals surface area contributed by atoms with Crippen LogP contribution in [0.15, 0.2) is 40.1 Å². The number of carbonyl (C=O) groups is 2. The predicted octanol–water partition coefficient (Wildman–Crippen LogP) is 0.00720. The third kappa shape index (κ3) is 1.48. The second kappa shape index (κ2) is 3.20. The zero-order valence-corrected chi connectivity index (χ0v) is 7.68. The first-order chi connectivity index (χ1) is 7.09. The molecule has 2 aliphatic rings. The average molecular weight is 204 g/mol. The summed E-state index contributed by atoms with van der Waals surface area (Å²) >= 11 is 0. The highest BCUT2D eigenvalue weighted by Crippen LogP contribution is 2.27. The van der Waals surface area contributed by atoms with Crippen molar-refractivity contribution in [1.82, 2.24) is 0 Å². The lowest BCUT2D eigenvalue weighted by molar-refractivity contribution is -0.132. The van der Waals surface area contributed by atoms with Gasteiger partial charge >= 0.3 is 5.97 Å². The van der Waals surface area contributed by atoms with Gasteiger partial charge in [-0.05, 0) is 17.7 Å². The van der Waals surface area contributed by atoms with Crippen molar-refractivity contribution >= 4 is 18.1 Å². The number of rotatable bonds is 1. The summed E-state index contributed by atoms with van der Waals surface area (Å²) in [6.45, 7) is 0. The second-order valence-corrected chi connectivity index (χ2v) is 3.25. The number of dihydropyridines is 1. The Morgan fingerprint density at radius 2 is 2.20 bits per heavy atom. The number of allylic oxidation sites excluding steroid dienone is 2. The molecule has 76 valence electrons. The molecule has 1 amide bonds. The molecule has 0 aromatic carbocycles. The Hall–Kier alpha value is -2.17. The van der Waals surface area contributed by atoms with Crippen LogP contribution in [-0.4, -0.2) is 23.2 Å². The number of nitrogens with zero attached hydrogens (tertiary/aromatic N) is 1. The lowest BCUT2D eigenvalue weighted by Gasteiger charge is -2.19. The van der Waals surface area contributed by atoms with E-state index in [1.807, 2.05) is 0 Å². The lowest BCUT2D eigenvalue weighted by atomic mass is 9.87. The van der Waals surface area contributed by atoms with Crippen LogP contribution in [0.3, 0.4) is 0 Å². The molecule has 0 saturated carbocycles. The van der Waals surface area contributed by atoms with Crippen LogP contribution in [0.25, 0.3) is 0 Å². The number of fused-ring (bicyclic) bond motifs is 1. The highest BCUT2D eigenvalue weighted by atomic mass is 16.4. The third-order valence-electron chi connectivity index (χ3n) is 2.28. The van der Waals surface area contributed by atoms with E-state index < -0.39 is 11.9 Å². The lowest BCUT2D eigenvalue weighted by Crippen LogP contribution is -2.24. The minimum absolute atomic E-state index is 0.0413. The van der Waals surface area contributed by atoms with Crippen molar-refractivity contribution in [3.8, 4) is 0 Å². The largest absolute Gasteiger partial charge is 0.478 e. The fourth-order valence-electron chi connectivity index (χ4n) is 1.55. The van der Waals surface area contributed by atoms with Gasteiger partial charge in [-0.15, -0.1) is 0 Å². The molecule has 0 aromatic rings. The molecule has 1 unspecified atom stereocenters. The first-order valence-corrected chi connectivity index (χ1v) is 4.30. The maximum Gasteiger partial charge on any atom is 0.337 e. The topological polar surface area (TPSA) is 92.8 Å². The average Bonchev–Trinajstić information content (AvgIpc) is 2.19. The monoisotopic (exact) mass is 204 g/mol. The van der Waals surface area contributed by atoms with Gasteiger partial charge in [-0.1, -0.05) is 6.08 Å². The molecule has 0 bridgehead atoms. The number of carboxylic acid groups (broad SMARTS) is 1. The van der Waals surface area contributed by atoms with E-state index in [1.54, 1.807) is 12.2 Å². The normalized spacial score (nSPS) is 23.9. The van der Waals surface area contributed by atoms with Gasteiger partial charge in [-0.25, -0.2) is 9.79 Å². The first-order valence-electron chi connectivity index (χ1n) is 4.30. The minimum atomic E-state index is -1.09. The second-order valence-electron chi connectivity index (χ2n) is 3.25. The molecule has 15 heavy (non-hydrogen) atoms. The van der Waals surface area contributed by atoms with Gasteiger partial charge in [0.2, 0.25) is 0 Å².